The Balaban J connectivity index is 1.83. The molecule has 0 aromatic heterocycles. The molecular formula is C18H20N2O4. The number of carbonyl (C=O) groups is 2. The Kier molecular flexibility index (Phi) is 6.19. The molecule has 0 fully saturated rings. The van der Waals surface area contributed by atoms with Crippen LogP contribution in [0.1, 0.15) is 12.0 Å². The number of amides is 2. The van der Waals surface area contributed by atoms with Crippen LogP contribution in [0.5, 0.6) is 11.5 Å². The minimum atomic E-state index is -0.356. The molecule has 0 atom stereocenters. The number of para-hydroxylation sites is 1. The first-order valence-electron chi connectivity index (χ1n) is 7.45. The molecular weight excluding hydrogens is 308 g/mol. The molecule has 0 spiro atoms. The van der Waals surface area contributed by atoms with Crippen LogP contribution in [0, 0.1) is 0 Å². The van der Waals surface area contributed by atoms with Gasteiger partial charge in [0, 0.05) is 12.2 Å². The first kappa shape index (κ1) is 17.3. The molecule has 0 radical (unpaired) electrons. The zero-order chi connectivity index (χ0) is 17.4. The Labute approximate surface area is 140 Å². The maximum Gasteiger partial charge on any atom is 0.233 e. The summed E-state index contributed by atoms with van der Waals surface area (Å²) in [7, 11) is 3.11. The predicted octanol–water partition coefficient (Wildman–Crippen LogP) is 2.35. The topological polar surface area (TPSA) is 76.7 Å². The molecule has 2 aromatic rings. The van der Waals surface area contributed by atoms with Crippen molar-refractivity contribution in [2.45, 2.75) is 13.0 Å². The van der Waals surface area contributed by atoms with Crippen LogP contribution >= 0.6 is 0 Å². The van der Waals surface area contributed by atoms with E-state index in [1.165, 1.54) is 0 Å². The van der Waals surface area contributed by atoms with Gasteiger partial charge in [-0.2, -0.15) is 0 Å². The van der Waals surface area contributed by atoms with E-state index in [0.717, 1.165) is 5.56 Å². The highest BCUT2D eigenvalue weighted by Crippen LogP contribution is 2.27. The van der Waals surface area contributed by atoms with Gasteiger partial charge < -0.3 is 20.1 Å². The van der Waals surface area contributed by atoms with E-state index in [9.17, 15) is 9.59 Å². The number of rotatable bonds is 7. The van der Waals surface area contributed by atoms with Crippen LogP contribution in [-0.2, 0) is 16.1 Å². The molecule has 2 amide bonds. The summed E-state index contributed by atoms with van der Waals surface area (Å²) in [6, 6.07) is 14.4. The van der Waals surface area contributed by atoms with Gasteiger partial charge in [-0.15, -0.1) is 0 Å². The van der Waals surface area contributed by atoms with Crippen LogP contribution in [0.3, 0.4) is 0 Å². The van der Waals surface area contributed by atoms with Crippen molar-refractivity contribution in [2.75, 3.05) is 19.5 Å². The molecule has 6 nitrogen and oxygen atoms in total. The van der Waals surface area contributed by atoms with Crippen LogP contribution in [0.4, 0.5) is 5.69 Å². The molecule has 126 valence electrons. The predicted molar refractivity (Wildman–Crippen MR) is 91.1 cm³/mol. The molecule has 0 aliphatic heterocycles. The first-order valence-corrected chi connectivity index (χ1v) is 7.45. The number of carbonyl (C=O) groups excluding carboxylic acids is 2. The quantitative estimate of drug-likeness (QED) is 0.765. The van der Waals surface area contributed by atoms with E-state index >= 15 is 0 Å². The van der Waals surface area contributed by atoms with E-state index < -0.39 is 0 Å². The molecule has 2 N–H and O–H groups in total. The van der Waals surface area contributed by atoms with Gasteiger partial charge in [-0.25, -0.2) is 0 Å². The van der Waals surface area contributed by atoms with Gasteiger partial charge in [0.15, 0.2) is 11.5 Å². The van der Waals surface area contributed by atoms with Gasteiger partial charge in [0.1, 0.15) is 6.42 Å². The average Bonchev–Trinajstić information content (AvgIpc) is 2.60. The van der Waals surface area contributed by atoms with E-state index in [1.807, 2.05) is 24.3 Å². The second kappa shape index (κ2) is 8.57. The van der Waals surface area contributed by atoms with Crippen molar-refractivity contribution in [1.82, 2.24) is 5.32 Å². The molecule has 0 heterocycles. The van der Waals surface area contributed by atoms with Gasteiger partial charge >= 0.3 is 0 Å². The molecule has 0 aliphatic carbocycles. The van der Waals surface area contributed by atoms with E-state index in [4.69, 9.17) is 9.47 Å². The summed E-state index contributed by atoms with van der Waals surface area (Å²) < 4.78 is 10.4. The maximum atomic E-state index is 11.9. The Bertz CT molecular complexity index is 701. The van der Waals surface area contributed by atoms with Crippen LogP contribution in [0.15, 0.2) is 48.5 Å². The fourth-order valence-electron chi connectivity index (χ4n) is 2.13. The molecule has 0 saturated carbocycles. The standard InChI is InChI=1S/C18H20N2O4/c1-23-15-9-8-13(10-16(15)24-2)12-19-17(21)11-18(22)20-14-6-4-3-5-7-14/h3-10H,11-12H2,1-2H3,(H,19,21)(H,20,22). The second-order valence-electron chi connectivity index (χ2n) is 5.06. The fourth-order valence-corrected chi connectivity index (χ4v) is 2.13. The van der Waals surface area contributed by atoms with Crippen LogP contribution in [-0.4, -0.2) is 26.0 Å². The van der Waals surface area contributed by atoms with Crippen molar-refractivity contribution in [3.05, 3.63) is 54.1 Å². The number of hydrogen-bond acceptors (Lipinski definition) is 4. The van der Waals surface area contributed by atoms with Crippen molar-refractivity contribution in [1.29, 1.82) is 0 Å². The van der Waals surface area contributed by atoms with Crippen LogP contribution in [0.25, 0.3) is 0 Å². The summed E-state index contributed by atoms with van der Waals surface area (Å²) >= 11 is 0. The zero-order valence-corrected chi connectivity index (χ0v) is 13.7. The van der Waals surface area contributed by atoms with Crippen molar-refractivity contribution in [3.63, 3.8) is 0 Å². The number of benzene rings is 2. The highest BCUT2D eigenvalue weighted by atomic mass is 16.5. The fraction of sp³-hybridized carbons (Fsp3) is 0.222. The van der Waals surface area contributed by atoms with E-state index in [1.54, 1.807) is 38.5 Å². The molecule has 24 heavy (non-hydrogen) atoms. The lowest BCUT2D eigenvalue weighted by Gasteiger charge is -2.10. The first-order chi connectivity index (χ1) is 11.6. The van der Waals surface area contributed by atoms with Crippen LogP contribution < -0.4 is 20.1 Å². The molecule has 2 rings (SSSR count). The number of anilines is 1. The van der Waals surface area contributed by atoms with Crippen LogP contribution in [0.2, 0.25) is 0 Å². The van der Waals surface area contributed by atoms with Gasteiger partial charge in [0.2, 0.25) is 11.8 Å². The van der Waals surface area contributed by atoms with Crippen molar-refractivity contribution in [3.8, 4) is 11.5 Å². The van der Waals surface area contributed by atoms with Gasteiger partial charge in [-0.1, -0.05) is 24.3 Å². The molecule has 0 bridgehead atoms. The Morgan fingerprint density at radius 3 is 2.29 bits per heavy atom. The number of hydrogen-bond donors (Lipinski definition) is 2. The lowest BCUT2D eigenvalue weighted by Crippen LogP contribution is -2.27. The summed E-state index contributed by atoms with van der Waals surface area (Å²) in [6.07, 6.45) is -0.234. The van der Waals surface area contributed by atoms with Crippen molar-refractivity contribution >= 4 is 17.5 Å². The maximum absolute atomic E-state index is 11.9. The zero-order valence-electron chi connectivity index (χ0n) is 13.7. The Hall–Kier alpha value is -3.02. The summed E-state index contributed by atoms with van der Waals surface area (Å²) in [5.74, 6) is 0.505. The monoisotopic (exact) mass is 328 g/mol. The highest BCUT2D eigenvalue weighted by molar-refractivity contribution is 6.03. The lowest BCUT2D eigenvalue weighted by atomic mass is 10.2. The number of nitrogens with one attached hydrogen (secondary N) is 2. The smallest absolute Gasteiger partial charge is 0.233 e. The summed E-state index contributed by atoms with van der Waals surface area (Å²) in [5.41, 5.74) is 1.51. The third-order valence-corrected chi connectivity index (χ3v) is 3.32. The average molecular weight is 328 g/mol. The van der Waals surface area contributed by atoms with E-state index in [2.05, 4.69) is 10.6 Å². The summed E-state index contributed by atoms with van der Waals surface area (Å²) in [6.45, 7) is 0.303. The Morgan fingerprint density at radius 1 is 0.917 bits per heavy atom. The summed E-state index contributed by atoms with van der Waals surface area (Å²) in [5, 5.41) is 5.38. The largest absolute Gasteiger partial charge is 0.493 e. The molecule has 2 aromatic carbocycles. The summed E-state index contributed by atoms with van der Waals surface area (Å²) in [4.78, 5) is 23.7. The SMILES string of the molecule is COc1ccc(CNC(=O)CC(=O)Nc2ccccc2)cc1OC. The molecule has 0 saturated heterocycles. The van der Waals surface area contributed by atoms with Gasteiger partial charge in [0.25, 0.3) is 0 Å². The van der Waals surface area contributed by atoms with Crippen molar-refractivity contribution < 1.29 is 19.1 Å². The minimum absolute atomic E-state index is 0.234. The van der Waals surface area contributed by atoms with Gasteiger partial charge in [0.05, 0.1) is 14.2 Å². The van der Waals surface area contributed by atoms with E-state index in [0.29, 0.717) is 23.7 Å². The molecule has 0 aliphatic rings. The molecule has 0 unspecified atom stereocenters. The Morgan fingerprint density at radius 2 is 1.62 bits per heavy atom. The second-order valence-corrected chi connectivity index (χ2v) is 5.06. The third kappa shape index (κ3) is 5.01. The van der Waals surface area contributed by atoms with Crippen molar-refractivity contribution in [2.24, 2.45) is 0 Å². The van der Waals surface area contributed by atoms with E-state index in [-0.39, 0.29) is 18.2 Å². The minimum Gasteiger partial charge on any atom is -0.493 e. The van der Waals surface area contributed by atoms with Gasteiger partial charge in [-0.05, 0) is 29.8 Å². The molecule has 6 heteroatoms. The van der Waals surface area contributed by atoms with Gasteiger partial charge in [-0.3, -0.25) is 9.59 Å². The lowest BCUT2D eigenvalue weighted by molar-refractivity contribution is -0.126. The normalized spacial score (nSPS) is 9.92. The number of ether oxygens (including phenoxy) is 2. The number of methoxy groups -OCH3 is 2. The highest BCUT2D eigenvalue weighted by Gasteiger charge is 2.10. The third-order valence-electron chi connectivity index (χ3n) is 3.32.